The van der Waals surface area contributed by atoms with E-state index in [0.717, 1.165) is 11.1 Å². The van der Waals surface area contributed by atoms with E-state index in [1.165, 1.54) is 5.56 Å². The van der Waals surface area contributed by atoms with Gasteiger partial charge in [-0.05, 0) is 62.4 Å². The van der Waals surface area contributed by atoms with E-state index in [0.29, 0.717) is 31.7 Å². The van der Waals surface area contributed by atoms with Crippen LogP contribution < -0.4 is 10.1 Å². The molecular formula is C24H32N2O3. The van der Waals surface area contributed by atoms with E-state index >= 15 is 0 Å². The molecule has 0 aliphatic heterocycles. The van der Waals surface area contributed by atoms with Crippen LogP contribution in [0, 0.1) is 13.8 Å². The van der Waals surface area contributed by atoms with Crippen molar-refractivity contribution in [3.63, 3.8) is 0 Å². The highest BCUT2D eigenvalue weighted by Crippen LogP contribution is 2.17. The number of nitrogens with zero attached hydrogens (tertiary/aromatic N) is 1. The molecular weight excluding hydrogens is 364 g/mol. The van der Waals surface area contributed by atoms with Crippen molar-refractivity contribution in [3.05, 3.63) is 65.2 Å². The van der Waals surface area contributed by atoms with Crippen molar-refractivity contribution in [1.82, 2.24) is 10.2 Å². The first kappa shape index (κ1) is 22.5. The number of carbonyl (C=O) groups is 2. The third-order valence-electron chi connectivity index (χ3n) is 5.06. The van der Waals surface area contributed by atoms with Crippen molar-refractivity contribution in [3.8, 4) is 5.75 Å². The molecule has 1 N–H and O–H groups in total. The lowest BCUT2D eigenvalue weighted by Crippen LogP contribution is -2.51. The Hall–Kier alpha value is -2.82. The summed E-state index contributed by atoms with van der Waals surface area (Å²) in [5.74, 6) is 0.357. The molecule has 5 nitrogen and oxygen atoms in total. The molecule has 0 unspecified atom stereocenters. The van der Waals surface area contributed by atoms with E-state index in [1.807, 2.05) is 76.2 Å². The van der Waals surface area contributed by atoms with E-state index < -0.39 is 6.04 Å². The summed E-state index contributed by atoms with van der Waals surface area (Å²) in [5, 5.41) is 2.84. The molecule has 156 valence electrons. The molecule has 2 rings (SSSR count). The first-order chi connectivity index (χ1) is 14.0. The molecule has 2 aromatic rings. The predicted molar refractivity (Wildman–Crippen MR) is 116 cm³/mol. The van der Waals surface area contributed by atoms with Crippen LogP contribution in [0.2, 0.25) is 0 Å². The highest BCUT2D eigenvalue weighted by atomic mass is 16.5. The molecule has 29 heavy (non-hydrogen) atoms. The number of amides is 2. The Kier molecular flexibility index (Phi) is 8.71. The summed E-state index contributed by atoms with van der Waals surface area (Å²) >= 11 is 0. The average molecular weight is 397 g/mol. The molecule has 0 heterocycles. The van der Waals surface area contributed by atoms with Gasteiger partial charge in [-0.2, -0.15) is 0 Å². The molecule has 0 aliphatic rings. The minimum Gasteiger partial charge on any atom is -0.484 e. The quantitative estimate of drug-likeness (QED) is 0.667. The maximum Gasteiger partial charge on any atom is 0.261 e. The Bertz CT molecular complexity index is 805. The van der Waals surface area contributed by atoms with Gasteiger partial charge in [0.05, 0.1) is 0 Å². The molecule has 0 aromatic heterocycles. The molecule has 0 saturated carbocycles. The van der Waals surface area contributed by atoms with Gasteiger partial charge in [0.1, 0.15) is 11.8 Å². The van der Waals surface area contributed by atoms with Crippen LogP contribution in [0.4, 0.5) is 0 Å². The molecule has 1 atom stereocenters. The summed E-state index contributed by atoms with van der Waals surface area (Å²) < 4.78 is 5.75. The Morgan fingerprint density at radius 1 is 1.03 bits per heavy atom. The van der Waals surface area contributed by atoms with Gasteiger partial charge in [0.2, 0.25) is 5.91 Å². The van der Waals surface area contributed by atoms with Gasteiger partial charge in [0.25, 0.3) is 5.91 Å². The third-order valence-corrected chi connectivity index (χ3v) is 5.06. The molecule has 0 saturated heterocycles. The Balaban J connectivity index is 2.11. The topological polar surface area (TPSA) is 58.6 Å². The fraction of sp³-hybridized carbons (Fsp3) is 0.417. The SMILES string of the molecule is CCNC(=O)[C@H](CC)N(CCc1ccccc1)C(=O)COc1ccc(C)c(C)c1. The molecule has 2 aromatic carbocycles. The summed E-state index contributed by atoms with van der Waals surface area (Å²) in [5.41, 5.74) is 3.42. The smallest absolute Gasteiger partial charge is 0.261 e. The van der Waals surface area contributed by atoms with E-state index in [9.17, 15) is 9.59 Å². The first-order valence-corrected chi connectivity index (χ1v) is 10.3. The van der Waals surface area contributed by atoms with Crippen molar-refractivity contribution in [2.75, 3.05) is 19.7 Å². The van der Waals surface area contributed by atoms with Gasteiger partial charge in [-0.3, -0.25) is 9.59 Å². The lowest BCUT2D eigenvalue weighted by Gasteiger charge is -2.30. The molecule has 0 aliphatic carbocycles. The summed E-state index contributed by atoms with van der Waals surface area (Å²) in [6.07, 6.45) is 1.24. The van der Waals surface area contributed by atoms with Gasteiger partial charge in [0, 0.05) is 13.1 Å². The summed E-state index contributed by atoms with van der Waals surface area (Å²) in [6, 6.07) is 15.2. The minimum absolute atomic E-state index is 0.0901. The minimum atomic E-state index is -0.505. The summed E-state index contributed by atoms with van der Waals surface area (Å²) in [6.45, 7) is 8.76. The fourth-order valence-corrected chi connectivity index (χ4v) is 3.22. The predicted octanol–water partition coefficient (Wildman–Crippen LogP) is 3.67. The lowest BCUT2D eigenvalue weighted by atomic mass is 10.1. The second kappa shape index (κ2) is 11.2. The van der Waals surface area contributed by atoms with Crippen molar-refractivity contribution >= 4 is 11.8 Å². The van der Waals surface area contributed by atoms with Crippen LogP contribution in [0.15, 0.2) is 48.5 Å². The van der Waals surface area contributed by atoms with Crippen LogP contribution in [0.1, 0.15) is 37.0 Å². The Morgan fingerprint density at radius 2 is 1.76 bits per heavy atom. The van der Waals surface area contributed by atoms with Crippen molar-refractivity contribution in [1.29, 1.82) is 0 Å². The van der Waals surface area contributed by atoms with Crippen molar-refractivity contribution in [2.24, 2.45) is 0 Å². The van der Waals surface area contributed by atoms with Crippen LogP contribution in [0.25, 0.3) is 0 Å². The van der Waals surface area contributed by atoms with Gasteiger partial charge in [0.15, 0.2) is 6.61 Å². The van der Waals surface area contributed by atoms with Crippen LogP contribution in [-0.2, 0) is 16.0 Å². The number of nitrogens with one attached hydrogen (secondary N) is 1. The Morgan fingerprint density at radius 3 is 2.38 bits per heavy atom. The monoisotopic (exact) mass is 396 g/mol. The fourth-order valence-electron chi connectivity index (χ4n) is 3.22. The summed E-state index contributed by atoms with van der Waals surface area (Å²) in [4.78, 5) is 27.2. The number of hydrogen-bond acceptors (Lipinski definition) is 3. The zero-order valence-corrected chi connectivity index (χ0v) is 17.9. The van der Waals surface area contributed by atoms with Crippen LogP contribution in [0.3, 0.4) is 0 Å². The number of aryl methyl sites for hydroxylation is 2. The van der Waals surface area contributed by atoms with E-state index in [1.54, 1.807) is 4.90 Å². The van der Waals surface area contributed by atoms with Gasteiger partial charge < -0.3 is 15.0 Å². The van der Waals surface area contributed by atoms with Gasteiger partial charge in [-0.1, -0.05) is 43.3 Å². The first-order valence-electron chi connectivity index (χ1n) is 10.3. The second-order valence-electron chi connectivity index (χ2n) is 7.18. The Labute approximate surface area is 174 Å². The second-order valence-corrected chi connectivity index (χ2v) is 7.18. The largest absolute Gasteiger partial charge is 0.484 e. The van der Waals surface area contributed by atoms with E-state index in [4.69, 9.17) is 4.74 Å². The zero-order chi connectivity index (χ0) is 21.2. The van der Waals surface area contributed by atoms with Crippen LogP contribution in [-0.4, -0.2) is 42.5 Å². The summed E-state index contributed by atoms with van der Waals surface area (Å²) in [7, 11) is 0. The van der Waals surface area contributed by atoms with Gasteiger partial charge >= 0.3 is 0 Å². The molecule has 0 spiro atoms. The maximum absolute atomic E-state index is 13.0. The molecule has 5 heteroatoms. The number of benzene rings is 2. The number of ether oxygens (including phenoxy) is 1. The van der Waals surface area contributed by atoms with E-state index in [-0.39, 0.29) is 18.4 Å². The van der Waals surface area contributed by atoms with Crippen LogP contribution >= 0.6 is 0 Å². The van der Waals surface area contributed by atoms with Gasteiger partial charge in [-0.15, -0.1) is 0 Å². The van der Waals surface area contributed by atoms with Crippen molar-refractivity contribution in [2.45, 2.75) is 46.6 Å². The maximum atomic E-state index is 13.0. The third kappa shape index (κ3) is 6.63. The molecule has 2 amide bonds. The zero-order valence-electron chi connectivity index (χ0n) is 17.9. The molecule has 0 fully saturated rings. The van der Waals surface area contributed by atoms with Crippen LogP contribution in [0.5, 0.6) is 5.75 Å². The normalized spacial score (nSPS) is 11.6. The average Bonchev–Trinajstić information content (AvgIpc) is 2.72. The van der Waals surface area contributed by atoms with Gasteiger partial charge in [-0.25, -0.2) is 0 Å². The molecule has 0 bridgehead atoms. The number of rotatable bonds is 10. The highest BCUT2D eigenvalue weighted by molar-refractivity contribution is 5.88. The number of carbonyl (C=O) groups excluding carboxylic acids is 2. The molecule has 0 radical (unpaired) electrons. The lowest BCUT2D eigenvalue weighted by molar-refractivity contribution is -0.142. The highest BCUT2D eigenvalue weighted by Gasteiger charge is 2.28. The standard InChI is InChI=1S/C24H32N2O3/c1-5-22(24(28)25-6-2)26(15-14-20-10-8-7-9-11-20)23(27)17-29-21-13-12-18(3)19(4)16-21/h7-13,16,22H,5-6,14-15,17H2,1-4H3,(H,25,28)/t22-/m0/s1. The number of likely N-dealkylation sites (N-methyl/N-ethyl adjacent to an activating group) is 1. The van der Waals surface area contributed by atoms with Crippen molar-refractivity contribution < 1.29 is 14.3 Å². The van der Waals surface area contributed by atoms with E-state index in [2.05, 4.69) is 5.32 Å². The number of hydrogen-bond donors (Lipinski definition) is 1.